The van der Waals surface area contributed by atoms with Gasteiger partial charge in [0, 0.05) is 42.4 Å². The molecule has 0 aliphatic carbocycles. The quantitative estimate of drug-likeness (QED) is 0.319. The number of likely N-dealkylation sites (tertiary alicyclic amines) is 1. The van der Waals surface area contributed by atoms with Crippen molar-refractivity contribution in [2.24, 2.45) is 11.1 Å². The number of ether oxygens (including phenoxy) is 2. The van der Waals surface area contributed by atoms with Crippen molar-refractivity contribution in [3.8, 4) is 11.5 Å². The van der Waals surface area contributed by atoms with Crippen molar-refractivity contribution in [3.63, 3.8) is 0 Å². The molecule has 4 rings (SSSR count). The highest BCUT2D eigenvalue weighted by atomic mass is 19.1. The molecule has 210 valence electrons. The number of carbonyl (C=O) groups is 1. The smallest absolute Gasteiger partial charge is 0.309 e. The lowest BCUT2D eigenvalue weighted by atomic mass is 9.74. The molecule has 3 aromatic rings. The van der Waals surface area contributed by atoms with E-state index < -0.39 is 40.8 Å². The van der Waals surface area contributed by atoms with Crippen LogP contribution in [0.5, 0.6) is 11.5 Å². The van der Waals surface area contributed by atoms with E-state index in [2.05, 4.69) is 4.98 Å². The van der Waals surface area contributed by atoms with Crippen molar-refractivity contribution in [2.45, 2.75) is 38.4 Å². The molecule has 1 unspecified atom stereocenters. The topological polar surface area (TPSA) is 97.9 Å². The number of hydrogen-bond donors (Lipinski definition) is 2. The Morgan fingerprint density at radius 3 is 2.49 bits per heavy atom. The Balaban J connectivity index is 1.39. The van der Waals surface area contributed by atoms with Crippen LogP contribution in [0.4, 0.5) is 17.6 Å². The summed E-state index contributed by atoms with van der Waals surface area (Å²) >= 11 is 0. The summed E-state index contributed by atoms with van der Waals surface area (Å²) in [6.45, 7) is 1.10. The predicted molar refractivity (Wildman–Crippen MR) is 137 cm³/mol. The SMILES string of the molecule is COc1ccc2ncc(CN)c(C(F)CCC3(C(=O)O)CCN(CCOc4c(F)cc(F)cc4F)CC3)c2c1. The van der Waals surface area contributed by atoms with E-state index in [9.17, 15) is 23.1 Å². The maximum Gasteiger partial charge on any atom is 0.309 e. The zero-order valence-electron chi connectivity index (χ0n) is 21.6. The number of piperidine rings is 1. The number of nitrogens with two attached hydrogens (primary N) is 1. The van der Waals surface area contributed by atoms with Crippen LogP contribution in [0.2, 0.25) is 0 Å². The van der Waals surface area contributed by atoms with Crippen molar-refractivity contribution in [2.75, 3.05) is 33.4 Å². The van der Waals surface area contributed by atoms with Crippen LogP contribution in [0.25, 0.3) is 10.9 Å². The number of rotatable bonds is 11. The molecule has 1 atom stereocenters. The molecule has 0 saturated carbocycles. The number of halogens is 4. The molecular formula is C28H31F4N3O4. The summed E-state index contributed by atoms with van der Waals surface area (Å²) in [4.78, 5) is 18.6. The van der Waals surface area contributed by atoms with Gasteiger partial charge in [0.1, 0.15) is 24.3 Å². The fraction of sp³-hybridized carbons (Fsp3) is 0.429. The van der Waals surface area contributed by atoms with Gasteiger partial charge in [0.2, 0.25) is 0 Å². The monoisotopic (exact) mass is 549 g/mol. The maximum absolute atomic E-state index is 15.8. The fourth-order valence-corrected chi connectivity index (χ4v) is 5.16. The van der Waals surface area contributed by atoms with Crippen molar-refractivity contribution in [1.29, 1.82) is 0 Å². The zero-order valence-corrected chi connectivity index (χ0v) is 21.6. The molecule has 2 heterocycles. The third-order valence-electron chi connectivity index (χ3n) is 7.49. The number of methoxy groups -OCH3 is 1. The Morgan fingerprint density at radius 2 is 1.87 bits per heavy atom. The van der Waals surface area contributed by atoms with E-state index in [1.54, 1.807) is 24.4 Å². The number of benzene rings is 2. The van der Waals surface area contributed by atoms with Crippen LogP contribution in [0.3, 0.4) is 0 Å². The van der Waals surface area contributed by atoms with Gasteiger partial charge in [0.05, 0.1) is 18.0 Å². The lowest BCUT2D eigenvalue weighted by Crippen LogP contribution is -2.45. The van der Waals surface area contributed by atoms with E-state index in [0.29, 0.717) is 59.5 Å². The van der Waals surface area contributed by atoms with Gasteiger partial charge < -0.3 is 20.3 Å². The molecule has 0 bridgehead atoms. The van der Waals surface area contributed by atoms with Crippen LogP contribution in [0.15, 0.2) is 36.5 Å². The molecule has 3 N–H and O–H groups in total. The Bertz CT molecular complexity index is 1300. The number of nitrogens with zero attached hydrogens (tertiary/aromatic N) is 2. The highest BCUT2D eigenvalue weighted by Gasteiger charge is 2.42. The molecule has 11 heteroatoms. The first-order valence-corrected chi connectivity index (χ1v) is 12.7. The van der Waals surface area contributed by atoms with Gasteiger partial charge in [0.25, 0.3) is 0 Å². The first-order chi connectivity index (χ1) is 18.7. The summed E-state index contributed by atoms with van der Waals surface area (Å²) in [5.74, 6) is -4.38. The number of aromatic nitrogens is 1. The van der Waals surface area contributed by atoms with Gasteiger partial charge in [-0.25, -0.2) is 17.6 Å². The number of alkyl halides is 1. The van der Waals surface area contributed by atoms with Crippen molar-refractivity contribution < 1.29 is 36.9 Å². The summed E-state index contributed by atoms with van der Waals surface area (Å²) in [5.41, 5.74) is 6.31. The van der Waals surface area contributed by atoms with Gasteiger partial charge in [-0.05, 0) is 62.5 Å². The molecule has 2 aromatic carbocycles. The highest BCUT2D eigenvalue weighted by Crippen LogP contribution is 2.41. The molecule has 1 saturated heterocycles. The lowest BCUT2D eigenvalue weighted by molar-refractivity contribution is -0.153. The second kappa shape index (κ2) is 12.2. The van der Waals surface area contributed by atoms with Crippen LogP contribution < -0.4 is 15.2 Å². The Kier molecular flexibility index (Phi) is 8.91. The van der Waals surface area contributed by atoms with Gasteiger partial charge in [-0.15, -0.1) is 0 Å². The largest absolute Gasteiger partial charge is 0.497 e. The number of pyridine rings is 1. The standard InChI is InChI=1S/C28H31F4N3O4/c1-38-19-2-3-24-20(14-19)25(17(15-33)16-34-24)21(30)4-5-28(27(36)37)6-8-35(9-7-28)10-11-39-26-22(31)12-18(29)13-23(26)32/h2-3,12-14,16,21H,4-11,15,33H2,1H3,(H,36,37). The molecule has 0 amide bonds. The minimum atomic E-state index is -1.45. The van der Waals surface area contributed by atoms with Crippen molar-refractivity contribution in [3.05, 3.63) is 65.1 Å². The van der Waals surface area contributed by atoms with E-state index in [0.717, 1.165) is 0 Å². The molecular weight excluding hydrogens is 518 g/mol. The van der Waals surface area contributed by atoms with Crippen molar-refractivity contribution in [1.82, 2.24) is 9.88 Å². The van der Waals surface area contributed by atoms with E-state index in [1.165, 1.54) is 7.11 Å². The molecule has 0 radical (unpaired) electrons. The molecule has 1 aliphatic rings. The number of fused-ring (bicyclic) bond motifs is 1. The minimum absolute atomic E-state index is 0.0120. The van der Waals surface area contributed by atoms with Gasteiger partial charge in [-0.3, -0.25) is 14.7 Å². The Hall–Kier alpha value is -3.44. The third kappa shape index (κ3) is 6.25. The van der Waals surface area contributed by atoms with Gasteiger partial charge in [-0.2, -0.15) is 0 Å². The van der Waals surface area contributed by atoms with E-state index in [4.69, 9.17) is 15.2 Å². The summed E-state index contributed by atoms with van der Waals surface area (Å²) in [5, 5.41) is 10.7. The number of carboxylic acid groups (broad SMARTS) is 1. The Labute approximate surface area is 223 Å². The van der Waals surface area contributed by atoms with Gasteiger partial charge >= 0.3 is 5.97 Å². The summed E-state index contributed by atoms with van der Waals surface area (Å²) in [6.07, 6.45) is 0.767. The lowest BCUT2D eigenvalue weighted by Gasteiger charge is -2.39. The highest BCUT2D eigenvalue weighted by molar-refractivity contribution is 5.85. The number of carboxylic acids is 1. The van der Waals surface area contributed by atoms with E-state index in [1.807, 2.05) is 4.90 Å². The molecule has 1 aliphatic heterocycles. The molecule has 1 fully saturated rings. The van der Waals surface area contributed by atoms with Crippen LogP contribution in [0, 0.1) is 22.9 Å². The summed E-state index contributed by atoms with van der Waals surface area (Å²) in [6, 6.07) is 6.27. The normalized spacial score (nSPS) is 16.3. The summed E-state index contributed by atoms with van der Waals surface area (Å²) in [7, 11) is 1.52. The Morgan fingerprint density at radius 1 is 1.18 bits per heavy atom. The van der Waals surface area contributed by atoms with E-state index >= 15 is 4.39 Å². The average Bonchev–Trinajstić information content (AvgIpc) is 2.92. The van der Waals surface area contributed by atoms with Crippen LogP contribution in [0.1, 0.15) is 43.0 Å². The van der Waals surface area contributed by atoms with Gasteiger partial charge in [0.15, 0.2) is 17.4 Å². The second-order valence-electron chi connectivity index (χ2n) is 9.76. The fourth-order valence-electron chi connectivity index (χ4n) is 5.16. The molecule has 7 nitrogen and oxygen atoms in total. The van der Waals surface area contributed by atoms with Crippen LogP contribution in [-0.2, 0) is 11.3 Å². The molecule has 39 heavy (non-hydrogen) atoms. The first-order valence-electron chi connectivity index (χ1n) is 12.7. The number of hydrogen-bond acceptors (Lipinski definition) is 6. The predicted octanol–water partition coefficient (Wildman–Crippen LogP) is 5.16. The molecule has 1 aromatic heterocycles. The third-order valence-corrected chi connectivity index (χ3v) is 7.49. The van der Waals surface area contributed by atoms with Crippen molar-refractivity contribution >= 4 is 16.9 Å². The second-order valence-corrected chi connectivity index (χ2v) is 9.76. The molecule has 0 spiro atoms. The van der Waals surface area contributed by atoms with Gasteiger partial charge in [-0.1, -0.05) is 0 Å². The number of aliphatic carboxylic acids is 1. The van der Waals surface area contributed by atoms with E-state index in [-0.39, 0.29) is 38.8 Å². The van der Waals surface area contributed by atoms with Crippen LogP contribution in [-0.4, -0.2) is 54.3 Å². The average molecular weight is 550 g/mol. The van der Waals surface area contributed by atoms with Crippen LogP contribution >= 0.6 is 0 Å². The zero-order chi connectivity index (χ0) is 28.2. The first kappa shape index (κ1) is 28.6. The minimum Gasteiger partial charge on any atom is -0.497 e. The summed E-state index contributed by atoms with van der Waals surface area (Å²) < 4.78 is 66.9. The maximum atomic E-state index is 15.8.